The van der Waals surface area contributed by atoms with Gasteiger partial charge in [-0.15, -0.1) is 0 Å². The van der Waals surface area contributed by atoms with E-state index >= 15 is 0 Å². The van der Waals surface area contributed by atoms with Gasteiger partial charge in [-0.1, -0.05) is 13.3 Å². The number of aliphatic hydroxyl groups excluding tert-OH is 1. The molecule has 0 spiro atoms. The molecule has 2 N–H and O–H groups in total. The predicted molar refractivity (Wildman–Crippen MR) is 74.8 cm³/mol. The number of aliphatic hydroxyl groups is 1. The smallest absolute Gasteiger partial charge is 0.244 e. The maximum Gasteiger partial charge on any atom is 0.244 e. The summed E-state index contributed by atoms with van der Waals surface area (Å²) in [4.78, 5) is 0.132. The zero-order valence-corrected chi connectivity index (χ0v) is 12.8. The van der Waals surface area contributed by atoms with Crippen molar-refractivity contribution in [1.29, 1.82) is 0 Å². The van der Waals surface area contributed by atoms with Crippen molar-refractivity contribution in [2.75, 3.05) is 20.3 Å². The predicted octanol–water partition coefficient (Wildman–Crippen LogP) is 0.359. The summed E-state index contributed by atoms with van der Waals surface area (Å²) >= 11 is 0. The van der Waals surface area contributed by atoms with Gasteiger partial charge >= 0.3 is 0 Å². The van der Waals surface area contributed by atoms with Crippen LogP contribution in [0.5, 0.6) is 0 Å². The number of aromatic nitrogens is 2. The fourth-order valence-corrected chi connectivity index (χ4v) is 3.06. The molecule has 0 aliphatic heterocycles. The Morgan fingerprint density at radius 1 is 1.55 bits per heavy atom. The Bertz CT molecular complexity index is 481. The van der Waals surface area contributed by atoms with Crippen molar-refractivity contribution in [3.05, 3.63) is 12.4 Å². The summed E-state index contributed by atoms with van der Waals surface area (Å²) in [5, 5.41) is 12.7. The highest BCUT2D eigenvalue weighted by molar-refractivity contribution is 7.89. The molecule has 20 heavy (non-hydrogen) atoms. The topological polar surface area (TPSA) is 93.5 Å². The highest BCUT2D eigenvalue weighted by Gasteiger charge is 2.21. The molecule has 0 saturated carbocycles. The third-order valence-electron chi connectivity index (χ3n) is 2.79. The Morgan fingerprint density at radius 3 is 2.90 bits per heavy atom. The number of rotatable bonds is 10. The molecular formula is C12H23N3O4S. The lowest BCUT2D eigenvalue weighted by Crippen LogP contribution is -2.37. The van der Waals surface area contributed by atoms with Gasteiger partial charge in [-0.3, -0.25) is 4.68 Å². The molecule has 0 fully saturated rings. The Labute approximate surface area is 120 Å². The van der Waals surface area contributed by atoms with Gasteiger partial charge in [0.15, 0.2) is 0 Å². The number of sulfonamides is 1. The lowest BCUT2D eigenvalue weighted by Gasteiger charge is -2.16. The molecular weight excluding hydrogens is 282 g/mol. The van der Waals surface area contributed by atoms with Gasteiger partial charge in [0.25, 0.3) is 0 Å². The van der Waals surface area contributed by atoms with Crippen LogP contribution in [0.3, 0.4) is 0 Å². The van der Waals surface area contributed by atoms with Crippen LogP contribution in [0, 0.1) is 0 Å². The van der Waals surface area contributed by atoms with Crippen LogP contribution < -0.4 is 4.72 Å². The molecule has 0 aliphatic rings. The summed E-state index contributed by atoms with van der Waals surface area (Å²) in [6.45, 7) is 2.87. The number of methoxy groups -OCH3 is 1. The molecule has 0 bridgehead atoms. The van der Waals surface area contributed by atoms with Crippen molar-refractivity contribution >= 4 is 10.0 Å². The maximum absolute atomic E-state index is 12.2. The fourth-order valence-electron chi connectivity index (χ4n) is 1.85. The van der Waals surface area contributed by atoms with E-state index in [-0.39, 0.29) is 17.5 Å². The number of ether oxygens (including phenoxy) is 1. The molecule has 8 heteroatoms. The van der Waals surface area contributed by atoms with Crippen molar-refractivity contribution in [3.8, 4) is 0 Å². The zero-order chi connectivity index (χ0) is 15.0. The molecule has 116 valence electrons. The van der Waals surface area contributed by atoms with Gasteiger partial charge < -0.3 is 9.84 Å². The van der Waals surface area contributed by atoms with E-state index in [0.29, 0.717) is 26.0 Å². The Morgan fingerprint density at radius 2 is 2.30 bits per heavy atom. The minimum atomic E-state index is -3.58. The molecule has 1 atom stereocenters. The van der Waals surface area contributed by atoms with E-state index < -0.39 is 10.0 Å². The third kappa shape index (κ3) is 5.20. The average molecular weight is 305 g/mol. The zero-order valence-electron chi connectivity index (χ0n) is 11.9. The molecule has 1 rings (SSSR count). The van der Waals surface area contributed by atoms with Gasteiger partial charge in [0, 0.05) is 32.5 Å². The molecule has 0 amide bonds. The van der Waals surface area contributed by atoms with E-state index in [2.05, 4.69) is 9.82 Å². The lowest BCUT2D eigenvalue weighted by atomic mass is 10.2. The molecule has 0 radical (unpaired) electrons. The first-order chi connectivity index (χ1) is 9.53. The highest BCUT2D eigenvalue weighted by atomic mass is 32.2. The molecule has 1 heterocycles. The second-order valence-corrected chi connectivity index (χ2v) is 6.29. The summed E-state index contributed by atoms with van der Waals surface area (Å²) in [6, 6.07) is -0.240. The molecule has 7 nitrogen and oxygen atoms in total. The first-order valence-corrected chi connectivity index (χ1v) is 8.16. The van der Waals surface area contributed by atoms with Crippen LogP contribution in [0.4, 0.5) is 0 Å². The van der Waals surface area contributed by atoms with Gasteiger partial charge in [-0.25, -0.2) is 13.1 Å². The fraction of sp³-hybridized carbons (Fsp3) is 0.750. The second-order valence-electron chi connectivity index (χ2n) is 4.58. The molecule has 1 unspecified atom stereocenters. The summed E-state index contributed by atoms with van der Waals surface area (Å²) in [5.74, 6) is 0. The van der Waals surface area contributed by atoms with Crippen molar-refractivity contribution in [1.82, 2.24) is 14.5 Å². The highest BCUT2D eigenvalue weighted by Crippen LogP contribution is 2.10. The van der Waals surface area contributed by atoms with Gasteiger partial charge in [0.05, 0.1) is 12.8 Å². The average Bonchev–Trinajstić information content (AvgIpc) is 2.86. The van der Waals surface area contributed by atoms with E-state index in [1.54, 1.807) is 7.11 Å². The first kappa shape index (κ1) is 17.1. The summed E-state index contributed by atoms with van der Waals surface area (Å²) in [6.07, 6.45) is 4.90. The minimum Gasteiger partial charge on any atom is -0.396 e. The van der Waals surface area contributed by atoms with E-state index in [4.69, 9.17) is 9.84 Å². The minimum absolute atomic E-state index is 0.0482. The number of nitrogens with zero attached hydrogens (tertiary/aromatic N) is 2. The number of nitrogens with one attached hydrogen (secondary N) is 1. The van der Waals surface area contributed by atoms with Crippen molar-refractivity contribution in [2.24, 2.45) is 0 Å². The monoisotopic (exact) mass is 305 g/mol. The third-order valence-corrected chi connectivity index (χ3v) is 4.27. The standard InChI is InChI=1S/C12H23N3O4S/c1-3-5-11(10-19-2)14-20(17,18)12-8-13-15(9-12)6-4-7-16/h8-9,11,14,16H,3-7,10H2,1-2H3. The molecule has 0 saturated heterocycles. The summed E-state index contributed by atoms with van der Waals surface area (Å²) in [5.41, 5.74) is 0. The molecule has 1 aromatic heterocycles. The van der Waals surface area contributed by atoms with Crippen LogP contribution in [-0.2, 0) is 21.3 Å². The second kappa shape index (κ2) is 8.35. The molecule has 0 aliphatic carbocycles. The van der Waals surface area contributed by atoms with E-state index in [1.807, 2.05) is 6.92 Å². The van der Waals surface area contributed by atoms with Crippen LogP contribution in [0.2, 0.25) is 0 Å². The van der Waals surface area contributed by atoms with Crippen LogP contribution in [0.25, 0.3) is 0 Å². The molecule has 0 aromatic carbocycles. The van der Waals surface area contributed by atoms with Gasteiger partial charge in [-0.2, -0.15) is 5.10 Å². The Kier molecular flexibility index (Phi) is 7.14. The SMILES string of the molecule is CCCC(COC)NS(=O)(=O)c1cnn(CCCO)c1. The van der Waals surface area contributed by atoms with E-state index in [0.717, 1.165) is 6.42 Å². The molecule has 1 aromatic rings. The number of hydrogen-bond acceptors (Lipinski definition) is 5. The van der Waals surface area contributed by atoms with Gasteiger partial charge in [0.1, 0.15) is 4.90 Å². The quantitative estimate of drug-likeness (QED) is 0.651. The Balaban J connectivity index is 2.73. The van der Waals surface area contributed by atoms with Crippen LogP contribution in [0.1, 0.15) is 26.2 Å². The van der Waals surface area contributed by atoms with E-state index in [9.17, 15) is 8.42 Å². The number of aryl methyl sites for hydroxylation is 1. The van der Waals surface area contributed by atoms with Gasteiger partial charge in [0.2, 0.25) is 10.0 Å². The van der Waals surface area contributed by atoms with Crippen molar-refractivity contribution < 1.29 is 18.3 Å². The number of hydrogen-bond donors (Lipinski definition) is 2. The lowest BCUT2D eigenvalue weighted by molar-refractivity contribution is 0.171. The van der Waals surface area contributed by atoms with Crippen LogP contribution in [-0.4, -0.2) is 49.7 Å². The Hall–Kier alpha value is -0.960. The maximum atomic E-state index is 12.2. The first-order valence-electron chi connectivity index (χ1n) is 6.68. The summed E-state index contributed by atoms with van der Waals surface area (Å²) in [7, 11) is -2.04. The van der Waals surface area contributed by atoms with Gasteiger partial charge in [-0.05, 0) is 12.8 Å². The van der Waals surface area contributed by atoms with Crippen LogP contribution in [0.15, 0.2) is 17.3 Å². The summed E-state index contributed by atoms with van der Waals surface area (Å²) < 4.78 is 33.6. The van der Waals surface area contributed by atoms with Crippen molar-refractivity contribution in [3.63, 3.8) is 0 Å². The van der Waals surface area contributed by atoms with Crippen molar-refractivity contribution in [2.45, 2.75) is 43.7 Å². The van der Waals surface area contributed by atoms with E-state index in [1.165, 1.54) is 17.1 Å². The van der Waals surface area contributed by atoms with Crippen LogP contribution >= 0.6 is 0 Å². The largest absolute Gasteiger partial charge is 0.396 e. The normalized spacial score (nSPS) is 13.6.